The van der Waals surface area contributed by atoms with Gasteiger partial charge >= 0.3 is 0 Å². The molecule has 1 saturated carbocycles. The highest BCUT2D eigenvalue weighted by Crippen LogP contribution is 2.14. The van der Waals surface area contributed by atoms with Crippen LogP contribution in [0.1, 0.15) is 46.9 Å². The van der Waals surface area contributed by atoms with E-state index >= 15 is 0 Å². The molecule has 0 bridgehead atoms. The van der Waals surface area contributed by atoms with Crippen LogP contribution in [-0.4, -0.2) is 6.02 Å². The minimum atomic E-state index is -3.49. The molecule has 0 spiro atoms. The molecule has 1 heteroatoms. The van der Waals surface area contributed by atoms with E-state index in [-0.39, 0.29) is 0 Å². The lowest BCUT2D eigenvalue weighted by Crippen LogP contribution is -2.22. The second-order valence-corrected chi connectivity index (χ2v) is 1.04. The van der Waals surface area contributed by atoms with E-state index in [1.165, 1.54) is 0 Å². The van der Waals surface area contributed by atoms with Gasteiger partial charge in [-0.1, -0.05) is 19.1 Å². The Morgan fingerprint density at radius 2 is 2.00 bits per heavy atom. The summed E-state index contributed by atoms with van der Waals surface area (Å²) >= 11 is 0. The molecule has 1 aliphatic carbocycles. The fraction of sp³-hybridized carbons (Fsp3) is 1.00. The summed E-state index contributed by atoms with van der Waals surface area (Å²) in [6.45, 7) is 0. The Morgan fingerprint density at radius 1 is 1.43 bits per heavy atom. The highest BCUT2D eigenvalue weighted by atomic mass is 14.6. The molecule has 7 heavy (non-hydrogen) atoms. The third-order valence-corrected chi connectivity index (χ3v) is 0.519. The lowest BCUT2D eigenvalue weighted by atomic mass is 9.97. The van der Waals surface area contributed by atoms with Gasteiger partial charge in [0.15, 0.2) is 0 Å². The van der Waals surface area contributed by atoms with Crippen molar-refractivity contribution >= 4 is 0 Å². The van der Waals surface area contributed by atoms with Crippen molar-refractivity contribution in [2.75, 3.05) is 0 Å². The lowest BCUT2D eigenvalue weighted by molar-refractivity contribution is 0.441. The predicted molar refractivity (Wildman–Crippen MR) is 31.1 cm³/mol. The molecule has 0 heterocycles. The van der Waals surface area contributed by atoms with Crippen LogP contribution in [0.2, 0.25) is 0 Å². The Hall–Kier alpha value is -0.0400. The summed E-state index contributed by atoms with van der Waals surface area (Å²) in [6, 6.07) is -3.28. The lowest BCUT2D eigenvalue weighted by Gasteiger charge is -2.15. The van der Waals surface area contributed by atoms with Crippen molar-refractivity contribution in [1.82, 2.24) is 0 Å². The van der Waals surface area contributed by atoms with E-state index in [1.54, 1.807) is 0 Å². The summed E-state index contributed by atoms with van der Waals surface area (Å²) in [5.74, 6) is 0. The standard InChI is InChI=1S/C6H13N/c7-6-4-2-1-3-5-6/h6H,1-5,7H2/i1D2,2D2,3D2,4D2,5D2,6D. The van der Waals surface area contributed by atoms with Crippen LogP contribution < -0.4 is 5.73 Å². The molecule has 0 aromatic rings. The summed E-state index contributed by atoms with van der Waals surface area (Å²) in [7, 11) is 0. The highest BCUT2D eigenvalue weighted by molar-refractivity contribution is 4.66. The zero-order valence-corrected chi connectivity index (χ0v) is 3.58. The van der Waals surface area contributed by atoms with E-state index < -0.39 is 37.9 Å². The third-order valence-electron chi connectivity index (χ3n) is 0.519. The van der Waals surface area contributed by atoms with Gasteiger partial charge < -0.3 is 5.73 Å². The van der Waals surface area contributed by atoms with Gasteiger partial charge in [0.1, 0.15) is 0 Å². The fourth-order valence-electron chi connectivity index (χ4n) is 0.260. The van der Waals surface area contributed by atoms with Gasteiger partial charge in [0.05, 0.1) is 0 Å². The number of rotatable bonds is 0. The van der Waals surface area contributed by atoms with Crippen molar-refractivity contribution in [2.24, 2.45) is 5.73 Å². The quantitative estimate of drug-likeness (QED) is 0.499. The first-order chi connectivity index (χ1) is 7.50. The maximum atomic E-state index is 7.50. The first-order valence-electron chi connectivity index (χ1n) is 7.29. The van der Waals surface area contributed by atoms with E-state index in [1.807, 2.05) is 0 Å². The van der Waals surface area contributed by atoms with Crippen molar-refractivity contribution < 1.29 is 15.1 Å². The van der Waals surface area contributed by atoms with Crippen molar-refractivity contribution in [3.8, 4) is 0 Å². The maximum Gasteiger partial charge on any atom is 0.0462 e. The Kier molecular flexibility index (Phi) is 0.253. The van der Waals surface area contributed by atoms with Gasteiger partial charge in [0.25, 0.3) is 0 Å². The van der Waals surface area contributed by atoms with Gasteiger partial charge in [0.2, 0.25) is 0 Å². The molecule has 0 aromatic heterocycles. The van der Waals surface area contributed by atoms with E-state index in [2.05, 4.69) is 0 Å². The van der Waals surface area contributed by atoms with Crippen LogP contribution >= 0.6 is 0 Å². The molecule has 0 atom stereocenters. The topological polar surface area (TPSA) is 26.0 Å². The van der Waals surface area contributed by atoms with Crippen LogP contribution in [0.15, 0.2) is 0 Å². The number of nitrogens with two attached hydrogens (primary N) is 1. The molecule has 42 valence electrons. The molecule has 1 aliphatic rings. The molecular formula is C6H13N. The molecule has 0 aromatic carbocycles. The van der Waals surface area contributed by atoms with Gasteiger partial charge in [-0.3, -0.25) is 0 Å². The van der Waals surface area contributed by atoms with Crippen molar-refractivity contribution in [3.05, 3.63) is 0 Å². The molecule has 0 radical (unpaired) electrons. The van der Waals surface area contributed by atoms with Gasteiger partial charge in [0, 0.05) is 21.1 Å². The van der Waals surface area contributed by atoms with Gasteiger partial charge in [-0.25, -0.2) is 0 Å². The predicted octanol–water partition coefficient (Wildman–Crippen LogP) is 1.28. The van der Waals surface area contributed by atoms with Crippen LogP contribution in [-0.2, 0) is 0 Å². The fourth-order valence-corrected chi connectivity index (χ4v) is 0.260. The molecule has 0 unspecified atom stereocenters. The average molecular weight is 110 g/mol. The first-order valence-corrected chi connectivity index (χ1v) is 1.79. The zero-order chi connectivity index (χ0) is 15.0. The molecule has 1 rings (SSSR count). The summed E-state index contributed by atoms with van der Waals surface area (Å²) in [6.07, 6.45) is -17.3. The van der Waals surface area contributed by atoms with Crippen molar-refractivity contribution in [1.29, 1.82) is 0 Å². The zero-order valence-electron chi connectivity index (χ0n) is 14.6. The second kappa shape index (κ2) is 2.31. The van der Waals surface area contributed by atoms with Gasteiger partial charge in [-0.2, -0.15) is 0 Å². The van der Waals surface area contributed by atoms with E-state index in [4.69, 9.17) is 20.8 Å². The molecular weight excluding hydrogens is 86.1 g/mol. The minimum absolute atomic E-state index is 3.28. The van der Waals surface area contributed by atoms with E-state index in [9.17, 15) is 0 Å². The Bertz CT molecular complexity index is 253. The smallest absolute Gasteiger partial charge is 0.0462 e. The Morgan fingerprint density at radius 3 is 2.57 bits per heavy atom. The third kappa shape index (κ3) is 1.48. The second-order valence-electron chi connectivity index (χ2n) is 1.04. The van der Waals surface area contributed by atoms with Crippen LogP contribution in [0, 0.1) is 0 Å². The SMILES string of the molecule is [2H]C1([2H])C([2H])([2H])C([2H])([2H])C([2H])(N)C([2H])([2H])C1([2H])[2H]. The molecule has 0 amide bonds. The molecule has 0 saturated heterocycles. The van der Waals surface area contributed by atoms with Crippen LogP contribution in [0.25, 0.3) is 0 Å². The van der Waals surface area contributed by atoms with Gasteiger partial charge in [-0.05, 0) is 12.7 Å². The van der Waals surface area contributed by atoms with Gasteiger partial charge in [-0.15, -0.1) is 0 Å². The molecule has 1 fully saturated rings. The highest BCUT2D eigenvalue weighted by Gasteiger charge is 2.06. The number of hydrogen-bond donors (Lipinski definition) is 1. The van der Waals surface area contributed by atoms with Crippen LogP contribution in [0.4, 0.5) is 0 Å². The Labute approximate surface area is 60.4 Å². The maximum absolute atomic E-state index is 7.50. The summed E-state index contributed by atoms with van der Waals surface area (Å²) in [4.78, 5) is 0. The number of hydrogen-bond acceptors (Lipinski definition) is 1. The normalized spacial score (nSPS) is 89.0. The molecule has 0 aliphatic heterocycles. The molecule has 1 nitrogen and oxygen atoms in total. The first kappa shape index (κ1) is 0.766. The Balaban J connectivity index is 3.72. The molecule has 2 N–H and O–H groups in total. The summed E-state index contributed by atoms with van der Waals surface area (Å²) in [5, 5.41) is 0. The van der Waals surface area contributed by atoms with Crippen molar-refractivity contribution in [3.63, 3.8) is 0 Å². The summed E-state index contributed by atoms with van der Waals surface area (Å²) < 4.78 is 81.9. The average Bonchev–Trinajstić information content (AvgIpc) is 2.14. The van der Waals surface area contributed by atoms with Crippen LogP contribution in [0.5, 0.6) is 0 Å². The summed E-state index contributed by atoms with van der Waals surface area (Å²) in [5.41, 5.74) is 5.18. The largest absolute Gasteiger partial charge is 0.328 e. The minimum Gasteiger partial charge on any atom is -0.328 e. The van der Waals surface area contributed by atoms with Crippen LogP contribution in [0.3, 0.4) is 0 Å². The van der Waals surface area contributed by atoms with E-state index in [0.29, 0.717) is 0 Å². The monoisotopic (exact) mass is 110 g/mol. The van der Waals surface area contributed by atoms with E-state index in [0.717, 1.165) is 0 Å². The van der Waals surface area contributed by atoms with Crippen molar-refractivity contribution in [2.45, 2.75) is 37.9 Å².